The fourth-order valence-electron chi connectivity index (χ4n) is 3.49. The van der Waals surface area contributed by atoms with E-state index in [9.17, 15) is 33.7 Å². The molecule has 0 unspecified atom stereocenters. The van der Waals surface area contributed by atoms with Crippen LogP contribution >= 0.6 is 0 Å². The number of hydrogen-bond donors (Lipinski definition) is 1. The Bertz CT molecular complexity index is 1820. The van der Waals surface area contributed by atoms with E-state index in [1.165, 1.54) is 72.8 Å². The second kappa shape index (κ2) is 10.1. The van der Waals surface area contributed by atoms with Crippen LogP contribution in [-0.2, 0) is 40.1 Å². The summed E-state index contributed by atoms with van der Waals surface area (Å²) in [4.78, 5) is -1.78. The summed E-state index contributed by atoms with van der Waals surface area (Å²) in [6.45, 7) is 0. The molecule has 4 aromatic rings. The van der Waals surface area contributed by atoms with E-state index in [1.54, 1.807) is 0 Å². The molecule has 0 saturated carbocycles. The van der Waals surface area contributed by atoms with Crippen LogP contribution in [0.3, 0.4) is 0 Å². The van der Waals surface area contributed by atoms with E-state index in [4.69, 9.17) is 5.14 Å². The number of rotatable bonds is 8. The molecule has 4 aromatic carbocycles. The highest BCUT2D eigenvalue weighted by atomic mass is 32.3. The molecule has 0 saturated heterocycles. The predicted octanol–water partition coefficient (Wildman–Crippen LogP) is 2.77. The molecule has 4 rings (SSSR count). The van der Waals surface area contributed by atoms with Gasteiger partial charge in [-0.3, -0.25) is 0 Å². The minimum absolute atomic E-state index is 0.117. The molecule has 0 aliphatic rings. The van der Waals surface area contributed by atoms with Crippen LogP contribution in [0.2, 0.25) is 0 Å². The van der Waals surface area contributed by atoms with E-state index in [0.29, 0.717) is 11.1 Å². The Morgan fingerprint density at radius 3 is 1.00 bits per heavy atom. The average molecular weight is 593 g/mol. The third kappa shape index (κ3) is 5.27. The molecule has 14 heteroatoms. The van der Waals surface area contributed by atoms with Crippen LogP contribution in [-0.4, -0.2) is 36.8 Å². The molecule has 198 valence electrons. The fourth-order valence-corrected chi connectivity index (χ4v) is 10.7. The number of sulfonamides is 4. The van der Waals surface area contributed by atoms with Crippen LogP contribution in [0.1, 0.15) is 0 Å². The molecule has 0 aliphatic heterocycles. The van der Waals surface area contributed by atoms with Gasteiger partial charge in [0.2, 0.25) is 10.0 Å². The Balaban J connectivity index is 1.83. The zero-order chi connectivity index (χ0) is 27.8. The van der Waals surface area contributed by atoms with Crippen molar-refractivity contribution in [3.8, 4) is 11.1 Å². The molecular weight excluding hydrogens is 573 g/mol. The Labute approximate surface area is 221 Å². The van der Waals surface area contributed by atoms with Gasteiger partial charge in [-0.15, -0.1) is 0 Å². The predicted molar refractivity (Wildman–Crippen MR) is 140 cm³/mol. The van der Waals surface area contributed by atoms with Crippen molar-refractivity contribution in [2.24, 2.45) is 5.14 Å². The molecule has 0 aromatic heterocycles. The summed E-state index contributed by atoms with van der Waals surface area (Å²) in [5.41, 5.74) is 0.959. The van der Waals surface area contributed by atoms with Crippen LogP contribution in [0.25, 0.3) is 11.1 Å². The van der Waals surface area contributed by atoms with Crippen molar-refractivity contribution in [1.82, 2.24) is 3.12 Å². The van der Waals surface area contributed by atoms with Crippen LogP contribution in [0.15, 0.2) is 129 Å². The molecule has 0 amide bonds. The van der Waals surface area contributed by atoms with Gasteiger partial charge in [-0.25, -0.2) is 38.8 Å². The summed E-state index contributed by atoms with van der Waals surface area (Å²) in [6.07, 6.45) is 0. The fraction of sp³-hybridized carbons (Fsp3) is 0. The third-order valence-corrected chi connectivity index (χ3v) is 13.6. The molecule has 0 heterocycles. The molecule has 0 aliphatic carbocycles. The highest BCUT2D eigenvalue weighted by Crippen LogP contribution is 2.32. The highest BCUT2D eigenvalue weighted by molar-refractivity contribution is 8.17. The van der Waals surface area contributed by atoms with Crippen LogP contribution < -0.4 is 5.14 Å². The SMILES string of the molecule is NS(=O)(=O)c1ccc(-c2ccc(S(=O)(=O)N(S(=O)(=O)c3ccccc3)S(=O)(=O)c3ccccc3)cc2)cc1. The smallest absolute Gasteiger partial charge is 0.225 e. The van der Waals surface area contributed by atoms with Gasteiger partial charge in [0.15, 0.2) is 0 Å². The van der Waals surface area contributed by atoms with Crippen molar-refractivity contribution in [2.45, 2.75) is 19.6 Å². The summed E-state index contributed by atoms with van der Waals surface area (Å²) < 4.78 is 104. The molecule has 0 spiro atoms. The molecule has 38 heavy (non-hydrogen) atoms. The lowest BCUT2D eigenvalue weighted by Gasteiger charge is -2.22. The first-order valence-corrected chi connectivity index (χ1v) is 16.5. The van der Waals surface area contributed by atoms with E-state index in [-0.39, 0.29) is 4.90 Å². The summed E-state index contributed by atoms with van der Waals surface area (Å²) in [6, 6.07) is 22.9. The van der Waals surface area contributed by atoms with Crippen molar-refractivity contribution in [3.63, 3.8) is 0 Å². The van der Waals surface area contributed by atoms with Gasteiger partial charge >= 0.3 is 0 Å². The standard InChI is InChI=1S/C24H20N2O8S4/c25-35(27,28)21-15-11-19(12-16-21)20-13-17-24(18-14-20)38(33,34)26(36(29,30)22-7-3-1-4-8-22)37(31,32)23-9-5-2-6-10-23/h1-18H,(H2,25,27,28). The van der Waals surface area contributed by atoms with Gasteiger partial charge < -0.3 is 0 Å². The average Bonchev–Trinajstić information content (AvgIpc) is 2.89. The maximum atomic E-state index is 13.7. The molecule has 0 fully saturated rings. The first-order valence-electron chi connectivity index (χ1n) is 10.6. The lowest BCUT2D eigenvalue weighted by molar-refractivity contribution is 0.529. The molecular formula is C24H20N2O8S4. The van der Waals surface area contributed by atoms with Gasteiger partial charge in [0.25, 0.3) is 30.1 Å². The first kappa shape index (κ1) is 27.6. The lowest BCUT2D eigenvalue weighted by Crippen LogP contribution is -2.41. The zero-order valence-corrected chi connectivity index (χ0v) is 22.6. The van der Waals surface area contributed by atoms with E-state index in [2.05, 4.69) is 0 Å². The maximum absolute atomic E-state index is 13.7. The number of nitrogens with two attached hydrogens (primary N) is 1. The van der Waals surface area contributed by atoms with Crippen LogP contribution in [0, 0.1) is 0 Å². The summed E-state index contributed by atoms with van der Waals surface area (Å²) in [5.74, 6) is 0. The number of nitrogens with zero attached hydrogens (tertiary/aromatic N) is 1. The van der Waals surface area contributed by atoms with Crippen molar-refractivity contribution in [2.75, 3.05) is 0 Å². The van der Waals surface area contributed by atoms with Gasteiger partial charge in [-0.2, -0.15) is 0 Å². The minimum Gasteiger partial charge on any atom is -0.225 e. The maximum Gasteiger partial charge on any atom is 0.270 e. The van der Waals surface area contributed by atoms with Gasteiger partial charge in [0.1, 0.15) is 0 Å². The third-order valence-electron chi connectivity index (χ3n) is 5.34. The van der Waals surface area contributed by atoms with E-state index in [0.717, 1.165) is 36.4 Å². The molecule has 0 radical (unpaired) electrons. The van der Waals surface area contributed by atoms with E-state index >= 15 is 0 Å². The topological polar surface area (TPSA) is 166 Å². The second-order valence-electron chi connectivity index (χ2n) is 7.87. The lowest BCUT2D eigenvalue weighted by atomic mass is 10.1. The van der Waals surface area contributed by atoms with Crippen LogP contribution in [0.4, 0.5) is 0 Å². The summed E-state index contributed by atoms with van der Waals surface area (Å²) in [5, 5.41) is 5.10. The van der Waals surface area contributed by atoms with E-state index in [1.807, 2.05) is 0 Å². The quantitative estimate of drug-likeness (QED) is 0.326. The monoisotopic (exact) mass is 592 g/mol. The normalized spacial score (nSPS) is 12.9. The zero-order valence-electron chi connectivity index (χ0n) is 19.3. The van der Waals surface area contributed by atoms with Gasteiger partial charge in [-0.1, -0.05) is 60.7 Å². The Morgan fingerprint density at radius 1 is 0.395 bits per heavy atom. The van der Waals surface area contributed by atoms with E-state index < -0.39 is 57.9 Å². The molecule has 10 nitrogen and oxygen atoms in total. The minimum atomic E-state index is -5.18. The van der Waals surface area contributed by atoms with Crippen molar-refractivity contribution >= 4 is 40.1 Å². The Kier molecular flexibility index (Phi) is 7.31. The molecule has 0 bridgehead atoms. The van der Waals surface area contributed by atoms with Crippen molar-refractivity contribution in [1.29, 1.82) is 0 Å². The van der Waals surface area contributed by atoms with Gasteiger partial charge in [0, 0.05) is 3.12 Å². The summed E-state index contributed by atoms with van der Waals surface area (Å²) in [7, 11) is -19.3. The largest absolute Gasteiger partial charge is 0.270 e. The number of hydrogen-bond acceptors (Lipinski definition) is 8. The second-order valence-corrected chi connectivity index (χ2v) is 15.5. The summed E-state index contributed by atoms with van der Waals surface area (Å²) >= 11 is 0. The first-order chi connectivity index (χ1) is 17.8. The molecule has 0 atom stereocenters. The van der Waals surface area contributed by atoms with Crippen molar-refractivity contribution in [3.05, 3.63) is 109 Å². The number of primary sulfonamides is 1. The highest BCUT2D eigenvalue weighted by Gasteiger charge is 2.47. The Morgan fingerprint density at radius 2 is 0.684 bits per heavy atom. The van der Waals surface area contributed by atoms with Gasteiger partial charge in [0.05, 0.1) is 19.6 Å². The van der Waals surface area contributed by atoms with Crippen LogP contribution in [0.5, 0.6) is 0 Å². The Hall–Kier alpha value is -3.40. The molecule has 2 N–H and O–H groups in total. The van der Waals surface area contributed by atoms with Gasteiger partial charge in [-0.05, 0) is 59.7 Å². The van der Waals surface area contributed by atoms with Crippen molar-refractivity contribution < 1.29 is 33.7 Å². The number of benzene rings is 4.